The summed E-state index contributed by atoms with van der Waals surface area (Å²) in [6, 6.07) is 8.77. The Labute approximate surface area is 104 Å². The Morgan fingerprint density at radius 3 is 2.78 bits per heavy atom. The second kappa shape index (κ2) is 4.29. The fourth-order valence-corrected chi connectivity index (χ4v) is 1.56. The number of nitrogens with zero attached hydrogens (tertiary/aromatic N) is 4. The SMILES string of the molecule is [2H]c1cnc2cnc(C(=O)c3ccccc3)nc2n1. The lowest BCUT2D eigenvalue weighted by molar-refractivity contribution is 0.102. The topological polar surface area (TPSA) is 68.6 Å². The summed E-state index contributed by atoms with van der Waals surface area (Å²) >= 11 is 0. The first-order valence-electron chi connectivity index (χ1n) is 5.80. The summed E-state index contributed by atoms with van der Waals surface area (Å²) < 4.78 is 7.40. The lowest BCUT2D eigenvalue weighted by Gasteiger charge is -2.00. The number of carbonyl (C=O) groups is 1. The van der Waals surface area contributed by atoms with Gasteiger partial charge in [-0.25, -0.2) is 19.9 Å². The maximum absolute atomic E-state index is 12.2. The van der Waals surface area contributed by atoms with Crippen LogP contribution in [-0.2, 0) is 0 Å². The summed E-state index contributed by atoms with van der Waals surface area (Å²) in [7, 11) is 0. The van der Waals surface area contributed by atoms with Crippen molar-refractivity contribution in [2.75, 3.05) is 0 Å². The summed E-state index contributed by atoms with van der Waals surface area (Å²) in [5.41, 5.74) is 1.22. The van der Waals surface area contributed by atoms with E-state index in [0.29, 0.717) is 11.1 Å². The van der Waals surface area contributed by atoms with E-state index < -0.39 is 0 Å². The Kier molecular flexibility index (Phi) is 2.23. The molecule has 0 radical (unpaired) electrons. The van der Waals surface area contributed by atoms with Crippen LogP contribution >= 0.6 is 0 Å². The quantitative estimate of drug-likeness (QED) is 0.634. The van der Waals surface area contributed by atoms with E-state index in [-0.39, 0.29) is 23.4 Å². The molecule has 18 heavy (non-hydrogen) atoms. The molecule has 0 aliphatic heterocycles. The Bertz CT molecular complexity index is 761. The normalized spacial score (nSPS) is 11.2. The first kappa shape index (κ1) is 9.35. The molecule has 1 aromatic carbocycles. The molecule has 0 aliphatic rings. The molecule has 86 valence electrons. The summed E-state index contributed by atoms with van der Waals surface area (Å²) in [5.74, 6) is -0.224. The number of aromatic nitrogens is 4. The van der Waals surface area contributed by atoms with E-state index >= 15 is 0 Å². The average Bonchev–Trinajstić information content (AvgIpc) is 2.46. The second-order valence-corrected chi connectivity index (χ2v) is 3.60. The molecule has 5 heteroatoms. The maximum atomic E-state index is 12.2. The molecule has 2 aromatic heterocycles. The Morgan fingerprint density at radius 1 is 1.11 bits per heavy atom. The molecule has 5 nitrogen and oxygen atoms in total. The molecular weight excluding hydrogens is 228 g/mol. The molecule has 0 atom stereocenters. The van der Waals surface area contributed by atoms with E-state index in [1.165, 1.54) is 12.4 Å². The van der Waals surface area contributed by atoms with Gasteiger partial charge >= 0.3 is 0 Å². The highest BCUT2D eigenvalue weighted by Gasteiger charge is 2.12. The van der Waals surface area contributed by atoms with Crippen LogP contribution in [-0.4, -0.2) is 25.7 Å². The third kappa shape index (κ3) is 1.82. The number of carbonyl (C=O) groups excluding carboxylic acids is 1. The molecule has 0 saturated carbocycles. The van der Waals surface area contributed by atoms with Crippen molar-refractivity contribution >= 4 is 16.9 Å². The fraction of sp³-hybridized carbons (Fsp3) is 0. The average molecular weight is 237 g/mol. The van der Waals surface area contributed by atoms with Gasteiger partial charge in [0.25, 0.3) is 0 Å². The molecule has 0 bridgehead atoms. The van der Waals surface area contributed by atoms with E-state index in [2.05, 4.69) is 19.9 Å². The van der Waals surface area contributed by atoms with Crippen LogP contribution in [0.25, 0.3) is 11.2 Å². The molecular formula is C13H8N4O. The van der Waals surface area contributed by atoms with Crippen molar-refractivity contribution in [1.82, 2.24) is 19.9 Å². The van der Waals surface area contributed by atoms with Gasteiger partial charge < -0.3 is 0 Å². The van der Waals surface area contributed by atoms with Gasteiger partial charge in [0, 0.05) is 17.9 Å². The standard InChI is InChI=1S/C13H8N4O/c18-11(9-4-2-1-3-5-9)13-16-8-10-12(17-13)15-7-6-14-10/h1-8H/i7D. The van der Waals surface area contributed by atoms with Gasteiger partial charge in [0.15, 0.2) is 5.65 Å². The highest BCUT2D eigenvalue weighted by atomic mass is 16.1. The molecule has 0 N–H and O–H groups in total. The molecule has 0 fully saturated rings. The number of benzene rings is 1. The first-order chi connectivity index (χ1) is 9.24. The van der Waals surface area contributed by atoms with Crippen LogP contribution in [0.3, 0.4) is 0 Å². The van der Waals surface area contributed by atoms with Crippen LogP contribution < -0.4 is 0 Å². The van der Waals surface area contributed by atoms with E-state index in [9.17, 15) is 4.79 Å². The van der Waals surface area contributed by atoms with Gasteiger partial charge in [0.1, 0.15) is 5.52 Å². The molecule has 0 unspecified atom stereocenters. The lowest BCUT2D eigenvalue weighted by atomic mass is 10.1. The Morgan fingerprint density at radius 2 is 1.94 bits per heavy atom. The van der Waals surface area contributed by atoms with Crippen LogP contribution in [0, 0.1) is 0 Å². The van der Waals surface area contributed by atoms with Crippen molar-refractivity contribution in [3.8, 4) is 0 Å². The van der Waals surface area contributed by atoms with Crippen LogP contribution in [0.1, 0.15) is 17.6 Å². The van der Waals surface area contributed by atoms with Crippen molar-refractivity contribution in [2.45, 2.75) is 0 Å². The highest BCUT2D eigenvalue weighted by molar-refractivity contribution is 6.06. The number of hydrogen-bond acceptors (Lipinski definition) is 5. The minimum Gasteiger partial charge on any atom is -0.285 e. The largest absolute Gasteiger partial charge is 0.285 e. The van der Waals surface area contributed by atoms with Gasteiger partial charge in [-0.3, -0.25) is 4.79 Å². The van der Waals surface area contributed by atoms with E-state index in [4.69, 9.17) is 1.37 Å². The molecule has 0 amide bonds. The molecule has 0 spiro atoms. The number of ketones is 1. The van der Waals surface area contributed by atoms with Crippen LogP contribution in [0.15, 0.2) is 48.9 Å². The minimum absolute atomic E-state index is 0.00399. The van der Waals surface area contributed by atoms with Crippen LogP contribution in [0.4, 0.5) is 0 Å². The van der Waals surface area contributed by atoms with Crippen molar-refractivity contribution in [2.24, 2.45) is 0 Å². The van der Waals surface area contributed by atoms with E-state index in [1.807, 2.05) is 6.07 Å². The molecule has 0 saturated heterocycles. The summed E-state index contributed by atoms with van der Waals surface area (Å²) in [5, 5.41) is 0. The lowest BCUT2D eigenvalue weighted by Crippen LogP contribution is -2.07. The summed E-state index contributed by atoms with van der Waals surface area (Å²) in [4.78, 5) is 28.1. The zero-order valence-electron chi connectivity index (χ0n) is 10.2. The van der Waals surface area contributed by atoms with Crippen molar-refractivity contribution < 1.29 is 6.17 Å². The Balaban J connectivity index is 2.08. The number of fused-ring (bicyclic) bond motifs is 1. The summed E-state index contributed by atoms with van der Waals surface area (Å²) in [6.07, 6.45) is 2.75. The van der Waals surface area contributed by atoms with Crippen LogP contribution in [0.5, 0.6) is 0 Å². The number of rotatable bonds is 2. The fourth-order valence-electron chi connectivity index (χ4n) is 1.56. The highest BCUT2D eigenvalue weighted by Crippen LogP contribution is 2.08. The van der Waals surface area contributed by atoms with Crippen molar-refractivity contribution in [3.63, 3.8) is 0 Å². The second-order valence-electron chi connectivity index (χ2n) is 3.60. The van der Waals surface area contributed by atoms with E-state index in [0.717, 1.165) is 0 Å². The maximum Gasteiger partial charge on any atom is 0.230 e. The third-order valence-electron chi connectivity index (χ3n) is 2.42. The predicted molar refractivity (Wildman–Crippen MR) is 65.0 cm³/mol. The van der Waals surface area contributed by atoms with Gasteiger partial charge in [0.2, 0.25) is 11.6 Å². The van der Waals surface area contributed by atoms with Crippen LogP contribution in [0.2, 0.25) is 0 Å². The first-order valence-corrected chi connectivity index (χ1v) is 5.30. The smallest absolute Gasteiger partial charge is 0.230 e. The third-order valence-corrected chi connectivity index (χ3v) is 2.42. The molecule has 3 aromatic rings. The van der Waals surface area contributed by atoms with Gasteiger partial charge in [-0.1, -0.05) is 30.3 Å². The van der Waals surface area contributed by atoms with Gasteiger partial charge in [-0.15, -0.1) is 0 Å². The molecule has 2 heterocycles. The zero-order valence-corrected chi connectivity index (χ0v) is 9.24. The van der Waals surface area contributed by atoms with Gasteiger partial charge in [0.05, 0.1) is 7.57 Å². The van der Waals surface area contributed by atoms with Gasteiger partial charge in [-0.2, -0.15) is 0 Å². The molecule has 3 rings (SSSR count). The molecule has 0 aliphatic carbocycles. The van der Waals surface area contributed by atoms with Gasteiger partial charge in [-0.05, 0) is 0 Å². The van der Waals surface area contributed by atoms with Crippen molar-refractivity contribution in [1.29, 1.82) is 0 Å². The predicted octanol–water partition coefficient (Wildman–Crippen LogP) is 1.65. The minimum atomic E-state index is -0.278. The van der Waals surface area contributed by atoms with E-state index in [1.54, 1.807) is 24.3 Å². The zero-order chi connectivity index (χ0) is 13.2. The monoisotopic (exact) mass is 237 g/mol. The summed E-state index contributed by atoms with van der Waals surface area (Å²) in [6.45, 7) is 0. The Hall–Kier alpha value is -2.69. The van der Waals surface area contributed by atoms with Crippen molar-refractivity contribution in [3.05, 3.63) is 60.3 Å². The number of hydrogen-bond donors (Lipinski definition) is 0.